The van der Waals surface area contributed by atoms with Crippen molar-refractivity contribution in [1.29, 1.82) is 0 Å². The number of amides is 2. The molecule has 0 aliphatic rings. The zero-order valence-electron chi connectivity index (χ0n) is 16.1. The van der Waals surface area contributed by atoms with E-state index in [9.17, 15) is 14.4 Å². The highest BCUT2D eigenvalue weighted by Gasteiger charge is 2.12. The molecule has 2 amide bonds. The van der Waals surface area contributed by atoms with Crippen molar-refractivity contribution in [3.8, 4) is 0 Å². The second-order valence-corrected chi connectivity index (χ2v) is 6.90. The minimum Gasteiger partial charge on any atom is -0.456 e. The normalized spacial score (nSPS) is 10.3. The molecule has 0 unspecified atom stereocenters. The van der Waals surface area contributed by atoms with Crippen LogP contribution >= 0.6 is 11.6 Å². The number of anilines is 2. The first kappa shape index (κ1) is 21.4. The third kappa shape index (κ3) is 6.39. The van der Waals surface area contributed by atoms with Gasteiger partial charge < -0.3 is 15.4 Å². The molecule has 148 valence electrons. The Morgan fingerprint density at radius 3 is 2.39 bits per heavy atom. The van der Waals surface area contributed by atoms with E-state index < -0.39 is 18.5 Å². The first-order valence-electron chi connectivity index (χ1n) is 8.84. The number of ether oxygens (including phenoxy) is 1. The fraction of sp³-hybridized carbons (Fsp3) is 0.286. The SMILES string of the molecule is Cc1ccc(C)c(NC(=O)CCC(=O)OCC(=O)Nc2cccc(Cl)c2C)c1. The summed E-state index contributed by atoms with van der Waals surface area (Å²) in [6.45, 7) is 5.17. The molecule has 2 N–H and O–H groups in total. The van der Waals surface area contributed by atoms with E-state index in [1.807, 2.05) is 32.0 Å². The van der Waals surface area contributed by atoms with Gasteiger partial charge in [0.05, 0.1) is 6.42 Å². The van der Waals surface area contributed by atoms with Crippen LogP contribution in [-0.4, -0.2) is 24.4 Å². The summed E-state index contributed by atoms with van der Waals surface area (Å²) in [4.78, 5) is 35.7. The molecule has 0 saturated heterocycles. The fourth-order valence-electron chi connectivity index (χ4n) is 2.45. The molecule has 0 heterocycles. The van der Waals surface area contributed by atoms with E-state index >= 15 is 0 Å². The topological polar surface area (TPSA) is 84.5 Å². The number of benzene rings is 2. The van der Waals surface area contributed by atoms with Gasteiger partial charge in [0.25, 0.3) is 5.91 Å². The Labute approximate surface area is 169 Å². The number of halogens is 1. The van der Waals surface area contributed by atoms with E-state index in [0.717, 1.165) is 22.4 Å². The van der Waals surface area contributed by atoms with Crippen molar-refractivity contribution in [3.05, 3.63) is 58.1 Å². The molecule has 0 saturated carbocycles. The first-order valence-corrected chi connectivity index (χ1v) is 9.21. The molecule has 0 aromatic heterocycles. The second-order valence-electron chi connectivity index (χ2n) is 6.49. The van der Waals surface area contributed by atoms with Crippen LogP contribution in [0.15, 0.2) is 36.4 Å². The van der Waals surface area contributed by atoms with E-state index in [0.29, 0.717) is 10.7 Å². The molecule has 2 aromatic carbocycles. The lowest BCUT2D eigenvalue weighted by Gasteiger charge is -2.10. The molecule has 0 atom stereocenters. The van der Waals surface area contributed by atoms with Crippen LogP contribution in [0.1, 0.15) is 29.5 Å². The summed E-state index contributed by atoms with van der Waals surface area (Å²) in [5.74, 6) is -1.38. The van der Waals surface area contributed by atoms with E-state index in [1.165, 1.54) is 0 Å². The lowest BCUT2D eigenvalue weighted by atomic mass is 10.1. The van der Waals surface area contributed by atoms with Crippen LogP contribution in [0.25, 0.3) is 0 Å². The Kier molecular flexibility index (Phi) is 7.58. The van der Waals surface area contributed by atoms with Crippen molar-refractivity contribution in [1.82, 2.24) is 0 Å². The predicted molar refractivity (Wildman–Crippen MR) is 110 cm³/mol. The number of carbonyl (C=O) groups is 3. The highest BCUT2D eigenvalue weighted by Crippen LogP contribution is 2.22. The standard InChI is InChI=1S/C21H23ClN2O4/c1-13-7-8-14(2)18(11-13)24-19(25)9-10-21(27)28-12-20(26)23-17-6-4-5-16(22)15(17)3/h4-8,11H,9-10,12H2,1-3H3,(H,23,26)(H,24,25). The maximum Gasteiger partial charge on any atom is 0.306 e. The lowest BCUT2D eigenvalue weighted by Crippen LogP contribution is -2.22. The molecular weight excluding hydrogens is 380 g/mol. The summed E-state index contributed by atoms with van der Waals surface area (Å²) < 4.78 is 4.93. The monoisotopic (exact) mass is 402 g/mol. The van der Waals surface area contributed by atoms with E-state index in [-0.39, 0.29) is 18.7 Å². The number of rotatable bonds is 7. The quantitative estimate of drug-likeness (QED) is 0.681. The summed E-state index contributed by atoms with van der Waals surface area (Å²) in [6, 6.07) is 10.9. The van der Waals surface area contributed by atoms with Gasteiger partial charge in [0.2, 0.25) is 5.91 Å². The summed E-state index contributed by atoms with van der Waals surface area (Å²) in [5, 5.41) is 5.94. The maximum atomic E-state index is 12.0. The number of nitrogens with one attached hydrogen (secondary N) is 2. The minimum absolute atomic E-state index is 0.0266. The zero-order valence-corrected chi connectivity index (χ0v) is 16.9. The van der Waals surface area contributed by atoms with Crippen LogP contribution in [0.2, 0.25) is 5.02 Å². The Bertz CT molecular complexity index is 874. The maximum absolute atomic E-state index is 12.0. The minimum atomic E-state index is -0.617. The van der Waals surface area contributed by atoms with E-state index in [1.54, 1.807) is 25.1 Å². The molecule has 28 heavy (non-hydrogen) atoms. The second kappa shape index (κ2) is 9.90. The zero-order chi connectivity index (χ0) is 20.7. The van der Waals surface area contributed by atoms with Crippen LogP contribution in [0.3, 0.4) is 0 Å². The predicted octanol–water partition coefficient (Wildman–Crippen LogP) is 4.17. The first-order chi connectivity index (χ1) is 13.3. The van der Waals surface area contributed by atoms with Crippen LogP contribution in [0.5, 0.6) is 0 Å². The number of hydrogen-bond donors (Lipinski definition) is 2. The molecule has 0 fully saturated rings. The molecule has 0 spiro atoms. The van der Waals surface area contributed by atoms with Gasteiger partial charge in [0.15, 0.2) is 6.61 Å². The van der Waals surface area contributed by atoms with Crippen molar-refractivity contribution in [2.45, 2.75) is 33.6 Å². The van der Waals surface area contributed by atoms with E-state index in [2.05, 4.69) is 10.6 Å². The lowest BCUT2D eigenvalue weighted by molar-refractivity contribution is -0.147. The fourth-order valence-corrected chi connectivity index (χ4v) is 2.62. The molecule has 6 nitrogen and oxygen atoms in total. The molecule has 2 rings (SSSR count). The van der Waals surface area contributed by atoms with Gasteiger partial charge in [-0.2, -0.15) is 0 Å². The van der Waals surface area contributed by atoms with Crippen molar-refractivity contribution in [2.24, 2.45) is 0 Å². The Hall–Kier alpha value is -2.86. The number of aryl methyl sites for hydroxylation is 2. The summed E-state index contributed by atoms with van der Waals surface area (Å²) in [5.41, 5.74) is 3.97. The highest BCUT2D eigenvalue weighted by atomic mass is 35.5. The molecule has 0 bridgehead atoms. The van der Waals surface area contributed by atoms with Gasteiger partial charge in [-0.05, 0) is 55.7 Å². The summed E-state index contributed by atoms with van der Waals surface area (Å²) >= 11 is 6.00. The Morgan fingerprint density at radius 2 is 1.64 bits per heavy atom. The third-order valence-corrected chi connectivity index (χ3v) is 4.54. The van der Waals surface area contributed by atoms with Gasteiger partial charge in [0, 0.05) is 22.8 Å². The van der Waals surface area contributed by atoms with Gasteiger partial charge in [-0.3, -0.25) is 14.4 Å². The molecule has 7 heteroatoms. The highest BCUT2D eigenvalue weighted by molar-refractivity contribution is 6.31. The number of esters is 1. The van der Waals surface area contributed by atoms with Crippen LogP contribution in [-0.2, 0) is 19.1 Å². The summed E-state index contributed by atoms with van der Waals surface area (Å²) in [6.07, 6.45) is -0.137. The number of hydrogen-bond acceptors (Lipinski definition) is 4. The van der Waals surface area contributed by atoms with Crippen LogP contribution in [0, 0.1) is 20.8 Å². The van der Waals surface area contributed by atoms with Gasteiger partial charge in [-0.25, -0.2) is 0 Å². The average Bonchev–Trinajstić information content (AvgIpc) is 2.65. The van der Waals surface area contributed by atoms with E-state index in [4.69, 9.17) is 16.3 Å². The Balaban J connectivity index is 1.74. The largest absolute Gasteiger partial charge is 0.456 e. The molecule has 0 aliphatic carbocycles. The average molecular weight is 403 g/mol. The van der Waals surface area contributed by atoms with Crippen LogP contribution in [0.4, 0.5) is 11.4 Å². The van der Waals surface area contributed by atoms with Gasteiger partial charge in [-0.1, -0.05) is 29.8 Å². The smallest absolute Gasteiger partial charge is 0.306 e. The third-order valence-electron chi connectivity index (χ3n) is 4.13. The van der Waals surface area contributed by atoms with Crippen molar-refractivity contribution >= 4 is 40.8 Å². The van der Waals surface area contributed by atoms with Gasteiger partial charge in [0.1, 0.15) is 0 Å². The molecule has 0 aliphatic heterocycles. The van der Waals surface area contributed by atoms with Crippen molar-refractivity contribution in [3.63, 3.8) is 0 Å². The molecule has 0 radical (unpaired) electrons. The van der Waals surface area contributed by atoms with Gasteiger partial charge >= 0.3 is 5.97 Å². The number of carbonyl (C=O) groups excluding carboxylic acids is 3. The molecule has 2 aromatic rings. The van der Waals surface area contributed by atoms with Crippen molar-refractivity contribution in [2.75, 3.05) is 17.2 Å². The summed E-state index contributed by atoms with van der Waals surface area (Å²) in [7, 11) is 0. The molecular formula is C21H23ClN2O4. The Morgan fingerprint density at radius 1 is 0.929 bits per heavy atom. The van der Waals surface area contributed by atoms with Gasteiger partial charge in [-0.15, -0.1) is 0 Å². The van der Waals surface area contributed by atoms with Crippen LogP contribution < -0.4 is 10.6 Å². The van der Waals surface area contributed by atoms with Crippen molar-refractivity contribution < 1.29 is 19.1 Å².